The highest BCUT2D eigenvalue weighted by Gasteiger charge is 2.11. The number of hydrogen-bond acceptors (Lipinski definition) is 2. The van der Waals surface area contributed by atoms with Crippen molar-refractivity contribution in [1.29, 1.82) is 0 Å². The van der Waals surface area contributed by atoms with E-state index in [1.165, 1.54) is 18.2 Å². The molecule has 0 bridgehead atoms. The van der Waals surface area contributed by atoms with Crippen LogP contribution >= 0.6 is 11.6 Å². The van der Waals surface area contributed by atoms with Gasteiger partial charge in [-0.25, -0.2) is 4.79 Å². The summed E-state index contributed by atoms with van der Waals surface area (Å²) in [5, 5.41) is 9.45. The van der Waals surface area contributed by atoms with E-state index in [1.807, 2.05) is 30.3 Å². The Morgan fingerprint density at radius 3 is 2.65 bits per heavy atom. The second-order valence-corrected chi connectivity index (χ2v) is 4.34. The van der Waals surface area contributed by atoms with Crippen LogP contribution < -0.4 is 4.74 Å². The summed E-state index contributed by atoms with van der Waals surface area (Å²) in [7, 11) is 0. The number of hydrogen-bond donors (Lipinski definition) is 1. The quantitative estimate of drug-likeness (QED) is 0.879. The fraction of sp³-hybridized carbons (Fsp3) is 0.0625. The minimum Gasteiger partial charge on any atom is -0.480 e. The molecule has 0 fully saturated rings. The van der Waals surface area contributed by atoms with E-state index in [-0.39, 0.29) is 17.9 Å². The maximum absolute atomic E-state index is 11.0. The summed E-state index contributed by atoms with van der Waals surface area (Å²) in [5.74, 6) is 4.90. The SMILES string of the molecule is O=C(O)c1ccc(Cl)cc1OCC#Cc1ccccc1. The highest BCUT2D eigenvalue weighted by atomic mass is 35.5. The summed E-state index contributed by atoms with van der Waals surface area (Å²) in [4.78, 5) is 11.0. The van der Waals surface area contributed by atoms with Crippen LogP contribution in [0.3, 0.4) is 0 Å². The minimum atomic E-state index is -1.06. The molecule has 2 aromatic rings. The molecule has 4 heteroatoms. The maximum atomic E-state index is 11.0. The molecule has 0 saturated carbocycles. The third-order valence-corrected chi connectivity index (χ3v) is 2.72. The Labute approximate surface area is 121 Å². The highest BCUT2D eigenvalue weighted by molar-refractivity contribution is 6.30. The van der Waals surface area contributed by atoms with Crippen molar-refractivity contribution in [3.8, 4) is 17.6 Å². The first kappa shape index (κ1) is 14.0. The average Bonchev–Trinajstić information content (AvgIpc) is 2.44. The van der Waals surface area contributed by atoms with Crippen molar-refractivity contribution in [2.45, 2.75) is 0 Å². The molecular formula is C16H11ClO3. The van der Waals surface area contributed by atoms with Crippen LogP contribution in [-0.2, 0) is 0 Å². The third kappa shape index (κ3) is 3.78. The average molecular weight is 287 g/mol. The number of carbonyl (C=O) groups is 1. The molecule has 0 aliphatic heterocycles. The van der Waals surface area contributed by atoms with Gasteiger partial charge in [0.05, 0.1) is 0 Å². The van der Waals surface area contributed by atoms with Crippen molar-refractivity contribution < 1.29 is 14.6 Å². The molecule has 100 valence electrons. The van der Waals surface area contributed by atoms with Crippen molar-refractivity contribution in [3.05, 3.63) is 64.7 Å². The van der Waals surface area contributed by atoms with Crippen LogP contribution in [0, 0.1) is 11.8 Å². The molecule has 0 aliphatic rings. The van der Waals surface area contributed by atoms with E-state index < -0.39 is 5.97 Å². The van der Waals surface area contributed by atoms with Gasteiger partial charge in [0, 0.05) is 10.6 Å². The van der Waals surface area contributed by atoms with E-state index >= 15 is 0 Å². The summed E-state index contributed by atoms with van der Waals surface area (Å²) in [5.41, 5.74) is 0.941. The van der Waals surface area contributed by atoms with Crippen molar-refractivity contribution in [1.82, 2.24) is 0 Å². The van der Waals surface area contributed by atoms with Gasteiger partial charge in [0.25, 0.3) is 0 Å². The van der Waals surface area contributed by atoms with E-state index in [0.717, 1.165) is 5.56 Å². The van der Waals surface area contributed by atoms with Gasteiger partial charge in [-0.3, -0.25) is 0 Å². The van der Waals surface area contributed by atoms with E-state index in [9.17, 15) is 4.79 Å². The van der Waals surface area contributed by atoms with Gasteiger partial charge in [0.2, 0.25) is 0 Å². The summed E-state index contributed by atoms with van der Waals surface area (Å²) in [6.45, 7) is 0.0928. The Kier molecular flexibility index (Phi) is 4.65. The first-order chi connectivity index (χ1) is 9.66. The molecule has 2 aromatic carbocycles. The van der Waals surface area contributed by atoms with Crippen LogP contribution in [0.15, 0.2) is 48.5 Å². The first-order valence-electron chi connectivity index (χ1n) is 5.86. The predicted molar refractivity (Wildman–Crippen MR) is 77.2 cm³/mol. The van der Waals surface area contributed by atoms with Crippen LogP contribution in [0.4, 0.5) is 0 Å². The van der Waals surface area contributed by atoms with Crippen molar-refractivity contribution in [3.63, 3.8) is 0 Å². The van der Waals surface area contributed by atoms with Gasteiger partial charge in [0.15, 0.2) is 0 Å². The number of halogens is 1. The number of carboxylic acids is 1. The van der Waals surface area contributed by atoms with Gasteiger partial charge in [-0.2, -0.15) is 0 Å². The van der Waals surface area contributed by atoms with Crippen molar-refractivity contribution in [2.75, 3.05) is 6.61 Å². The predicted octanol–water partition coefficient (Wildman–Crippen LogP) is 3.47. The summed E-state index contributed by atoms with van der Waals surface area (Å²) in [6.07, 6.45) is 0. The van der Waals surface area contributed by atoms with E-state index in [2.05, 4.69) is 11.8 Å². The van der Waals surface area contributed by atoms with E-state index in [0.29, 0.717) is 5.02 Å². The third-order valence-electron chi connectivity index (χ3n) is 2.48. The Hall–Kier alpha value is -2.44. The van der Waals surface area contributed by atoms with Gasteiger partial charge < -0.3 is 9.84 Å². The highest BCUT2D eigenvalue weighted by Crippen LogP contribution is 2.23. The normalized spacial score (nSPS) is 9.45. The van der Waals surface area contributed by atoms with Crippen LogP contribution in [0.2, 0.25) is 5.02 Å². The molecule has 0 unspecified atom stereocenters. The van der Waals surface area contributed by atoms with Crippen LogP contribution in [-0.4, -0.2) is 17.7 Å². The molecule has 0 spiro atoms. The number of carboxylic acid groups (broad SMARTS) is 1. The lowest BCUT2D eigenvalue weighted by atomic mass is 10.2. The molecule has 0 aromatic heterocycles. The minimum absolute atomic E-state index is 0.0657. The first-order valence-corrected chi connectivity index (χ1v) is 6.24. The van der Waals surface area contributed by atoms with E-state index in [4.69, 9.17) is 21.4 Å². The second kappa shape index (κ2) is 6.65. The molecule has 2 rings (SSSR count). The monoisotopic (exact) mass is 286 g/mol. The van der Waals surface area contributed by atoms with Gasteiger partial charge in [-0.05, 0) is 30.3 Å². The smallest absolute Gasteiger partial charge is 0.339 e. The molecule has 0 aliphatic carbocycles. The fourth-order valence-corrected chi connectivity index (χ4v) is 1.73. The Morgan fingerprint density at radius 1 is 1.20 bits per heavy atom. The van der Waals surface area contributed by atoms with Gasteiger partial charge in [0.1, 0.15) is 17.9 Å². The fourth-order valence-electron chi connectivity index (χ4n) is 1.57. The zero-order valence-corrected chi connectivity index (χ0v) is 11.2. The van der Waals surface area contributed by atoms with Gasteiger partial charge in [-0.1, -0.05) is 41.6 Å². The molecule has 1 N–H and O–H groups in total. The molecule has 20 heavy (non-hydrogen) atoms. The lowest BCUT2D eigenvalue weighted by Gasteiger charge is -2.06. The van der Waals surface area contributed by atoms with Crippen LogP contribution in [0.1, 0.15) is 15.9 Å². The van der Waals surface area contributed by atoms with Gasteiger partial charge >= 0.3 is 5.97 Å². The summed E-state index contributed by atoms with van der Waals surface area (Å²) in [6, 6.07) is 13.8. The van der Waals surface area contributed by atoms with Crippen molar-refractivity contribution >= 4 is 17.6 Å². The molecule has 0 amide bonds. The van der Waals surface area contributed by atoms with E-state index in [1.54, 1.807) is 0 Å². The van der Waals surface area contributed by atoms with Crippen molar-refractivity contribution in [2.24, 2.45) is 0 Å². The maximum Gasteiger partial charge on any atom is 0.339 e. The lowest BCUT2D eigenvalue weighted by molar-refractivity contribution is 0.0693. The summed E-state index contributed by atoms with van der Waals surface area (Å²) < 4.78 is 5.36. The molecular weight excluding hydrogens is 276 g/mol. The molecule has 0 saturated heterocycles. The topological polar surface area (TPSA) is 46.5 Å². The number of ether oxygens (including phenoxy) is 1. The van der Waals surface area contributed by atoms with Crippen LogP contribution in [0.5, 0.6) is 5.75 Å². The number of aromatic carboxylic acids is 1. The Balaban J connectivity index is 2.06. The molecule has 0 radical (unpaired) electrons. The molecule has 0 heterocycles. The standard InChI is InChI=1S/C16H11ClO3/c17-13-8-9-14(16(18)19)15(11-13)20-10-4-7-12-5-2-1-3-6-12/h1-3,5-6,8-9,11H,10H2,(H,18,19). The second-order valence-electron chi connectivity index (χ2n) is 3.90. The Bertz CT molecular complexity index is 669. The Morgan fingerprint density at radius 2 is 1.95 bits per heavy atom. The molecule has 3 nitrogen and oxygen atoms in total. The lowest BCUT2D eigenvalue weighted by Crippen LogP contribution is -2.03. The number of benzene rings is 2. The van der Waals surface area contributed by atoms with Gasteiger partial charge in [-0.15, -0.1) is 0 Å². The zero-order valence-electron chi connectivity index (χ0n) is 10.5. The number of rotatable bonds is 3. The zero-order chi connectivity index (χ0) is 14.4. The summed E-state index contributed by atoms with van der Waals surface area (Å²) >= 11 is 5.82. The molecule has 0 atom stereocenters. The van der Waals surface area contributed by atoms with Crippen LogP contribution in [0.25, 0.3) is 0 Å². The largest absolute Gasteiger partial charge is 0.480 e.